The molecule has 0 amide bonds. The largest absolute Gasteiger partial charge is 0.336 e. The number of imidazole rings is 1. The Kier molecular flexibility index (Phi) is 4.52. The number of hydrogen-bond donors (Lipinski definition) is 0. The van der Waals surface area contributed by atoms with Gasteiger partial charge in [0.1, 0.15) is 0 Å². The Morgan fingerprint density at radius 3 is 2.76 bits per heavy atom. The number of carbonyl (C=O) groups excluding carboxylic acids is 1. The van der Waals surface area contributed by atoms with Crippen LogP contribution in [0, 0.1) is 0 Å². The third-order valence-corrected chi connectivity index (χ3v) is 5.22. The molecule has 0 fully saturated rings. The van der Waals surface area contributed by atoms with E-state index in [1.807, 2.05) is 46.5 Å². The van der Waals surface area contributed by atoms with Crippen molar-refractivity contribution in [2.45, 2.75) is 11.8 Å². The highest BCUT2D eigenvalue weighted by molar-refractivity contribution is 8.14. The summed E-state index contributed by atoms with van der Waals surface area (Å²) >= 11 is 2.86. The lowest BCUT2D eigenvalue weighted by Crippen LogP contribution is -2.07. The molecule has 0 aliphatic carbocycles. The predicted molar refractivity (Wildman–Crippen MR) is 87.7 cm³/mol. The fourth-order valence-electron chi connectivity index (χ4n) is 2.05. The Morgan fingerprint density at radius 2 is 2.10 bits per heavy atom. The zero-order valence-electron chi connectivity index (χ0n) is 11.3. The van der Waals surface area contributed by atoms with E-state index in [2.05, 4.69) is 17.1 Å². The Bertz CT molecular complexity index is 678. The molecule has 0 aliphatic rings. The SMILES string of the molecule is O=C(SC(Cn1ccnc1)c1ccccc1)c1cccs1. The van der Waals surface area contributed by atoms with Crippen molar-refractivity contribution in [3.8, 4) is 0 Å². The fourth-order valence-corrected chi connectivity index (χ4v) is 3.87. The number of carbonyl (C=O) groups is 1. The molecule has 2 aromatic heterocycles. The molecule has 1 unspecified atom stereocenters. The summed E-state index contributed by atoms with van der Waals surface area (Å²) in [5.41, 5.74) is 1.15. The van der Waals surface area contributed by atoms with Crippen LogP contribution in [-0.2, 0) is 6.54 Å². The summed E-state index contributed by atoms with van der Waals surface area (Å²) in [5, 5.41) is 2.13. The van der Waals surface area contributed by atoms with E-state index in [1.54, 1.807) is 12.5 Å². The van der Waals surface area contributed by atoms with Crippen molar-refractivity contribution in [2.24, 2.45) is 0 Å². The van der Waals surface area contributed by atoms with Gasteiger partial charge in [-0.1, -0.05) is 48.2 Å². The van der Waals surface area contributed by atoms with Gasteiger partial charge < -0.3 is 4.57 Å². The van der Waals surface area contributed by atoms with Crippen LogP contribution in [0.1, 0.15) is 20.5 Å². The molecule has 0 saturated carbocycles. The maximum Gasteiger partial charge on any atom is 0.229 e. The molecule has 5 heteroatoms. The number of hydrogen-bond acceptors (Lipinski definition) is 4. The van der Waals surface area contributed by atoms with E-state index in [1.165, 1.54) is 23.1 Å². The molecule has 0 spiro atoms. The van der Waals surface area contributed by atoms with Gasteiger partial charge in [0, 0.05) is 18.9 Å². The van der Waals surface area contributed by atoms with Crippen molar-refractivity contribution in [3.05, 3.63) is 77.0 Å². The second-order valence-corrected chi connectivity index (χ2v) is 6.66. The van der Waals surface area contributed by atoms with Crippen LogP contribution in [0.2, 0.25) is 0 Å². The van der Waals surface area contributed by atoms with E-state index < -0.39 is 0 Å². The Morgan fingerprint density at radius 1 is 1.24 bits per heavy atom. The number of nitrogens with zero attached hydrogens (tertiary/aromatic N) is 2. The lowest BCUT2D eigenvalue weighted by Gasteiger charge is -2.16. The quantitative estimate of drug-likeness (QED) is 0.706. The second kappa shape index (κ2) is 6.74. The highest BCUT2D eigenvalue weighted by Gasteiger charge is 2.19. The first-order chi connectivity index (χ1) is 10.3. The fraction of sp³-hybridized carbons (Fsp3) is 0.125. The molecule has 21 heavy (non-hydrogen) atoms. The second-order valence-electron chi connectivity index (χ2n) is 4.54. The van der Waals surface area contributed by atoms with Crippen molar-refractivity contribution in [3.63, 3.8) is 0 Å². The lowest BCUT2D eigenvalue weighted by molar-refractivity contribution is 0.109. The van der Waals surface area contributed by atoms with E-state index in [0.29, 0.717) is 0 Å². The zero-order valence-corrected chi connectivity index (χ0v) is 12.9. The molecule has 1 atom stereocenters. The van der Waals surface area contributed by atoms with E-state index in [9.17, 15) is 4.79 Å². The molecule has 1 aromatic carbocycles. The van der Waals surface area contributed by atoms with E-state index in [0.717, 1.165) is 17.0 Å². The molecule has 3 nitrogen and oxygen atoms in total. The monoisotopic (exact) mass is 314 g/mol. The molecule has 0 aliphatic heterocycles. The number of benzene rings is 1. The van der Waals surface area contributed by atoms with Crippen LogP contribution < -0.4 is 0 Å². The third kappa shape index (κ3) is 3.62. The van der Waals surface area contributed by atoms with Crippen LogP contribution in [0.15, 0.2) is 66.6 Å². The number of aromatic nitrogens is 2. The topological polar surface area (TPSA) is 34.9 Å². The summed E-state index contributed by atoms with van der Waals surface area (Å²) in [6.45, 7) is 0.728. The van der Waals surface area contributed by atoms with Gasteiger partial charge in [-0.25, -0.2) is 4.98 Å². The van der Waals surface area contributed by atoms with Gasteiger partial charge in [-0.2, -0.15) is 0 Å². The van der Waals surface area contributed by atoms with Crippen LogP contribution in [0.3, 0.4) is 0 Å². The summed E-state index contributed by atoms with van der Waals surface area (Å²) < 4.78 is 2.01. The molecule has 0 bridgehead atoms. The maximum atomic E-state index is 12.4. The minimum atomic E-state index is 0.0787. The number of thiophene rings is 1. The standard InChI is InChI=1S/C16H14N2OS2/c19-16(14-7-4-10-20-14)21-15(11-18-9-8-17-12-18)13-5-2-1-3-6-13/h1-10,12,15H,11H2. The zero-order chi connectivity index (χ0) is 14.5. The van der Waals surface area contributed by atoms with Crippen molar-refractivity contribution < 1.29 is 4.79 Å². The normalized spacial score (nSPS) is 12.2. The van der Waals surface area contributed by atoms with Gasteiger partial charge in [0.05, 0.1) is 16.5 Å². The van der Waals surface area contributed by atoms with Crippen molar-refractivity contribution >= 4 is 28.2 Å². The molecular weight excluding hydrogens is 300 g/mol. The molecule has 3 aromatic rings. The highest BCUT2D eigenvalue weighted by atomic mass is 32.2. The molecule has 3 rings (SSSR count). The molecule has 0 N–H and O–H groups in total. The Hall–Kier alpha value is -1.85. The molecule has 0 radical (unpaired) electrons. The van der Waals surface area contributed by atoms with Gasteiger partial charge in [-0.3, -0.25) is 4.79 Å². The van der Waals surface area contributed by atoms with Crippen molar-refractivity contribution in [1.29, 1.82) is 0 Å². The Balaban J connectivity index is 1.80. The summed E-state index contributed by atoms with van der Waals surface area (Å²) in [7, 11) is 0. The molecular formula is C16H14N2OS2. The first kappa shape index (κ1) is 14.1. The first-order valence-electron chi connectivity index (χ1n) is 6.58. The van der Waals surface area contributed by atoms with E-state index in [-0.39, 0.29) is 10.4 Å². The van der Waals surface area contributed by atoms with Gasteiger partial charge in [0.2, 0.25) is 5.12 Å². The lowest BCUT2D eigenvalue weighted by atomic mass is 10.1. The molecule has 0 saturated heterocycles. The van der Waals surface area contributed by atoms with Crippen LogP contribution in [0.5, 0.6) is 0 Å². The van der Waals surface area contributed by atoms with Crippen LogP contribution in [0.4, 0.5) is 0 Å². The van der Waals surface area contributed by atoms with E-state index in [4.69, 9.17) is 0 Å². The average molecular weight is 314 g/mol. The predicted octanol–water partition coefficient (Wildman–Crippen LogP) is 4.26. The van der Waals surface area contributed by atoms with Gasteiger partial charge in [0.25, 0.3) is 0 Å². The minimum absolute atomic E-state index is 0.0787. The first-order valence-corrected chi connectivity index (χ1v) is 8.34. The van der Waals surface area contributed by atoms with Crippen LogP contribution in [0.25, 0.3) is 0 Å². The average Bonchev–Trinajstić information content (AvgIpc) is 3.21. The highest BCUT2D eigenvalue weighted by Crippen LogP contribution is 2.34. The molecule has 106 valence electrons. The third-order valence-electron chi connectivity index (χ3n) is 3.08. The smallest absolute Gasteiger partial charge is 0.229 e. The number of rotatable bonds is 5. The van der Waals surface area contributed by atoms with Crippen molar-refractivity contribution in [2.75, 3.05) is 0 Å². The minimum Gasteiger partial charge on any atom is -0.336 e. The summed E-state index contributed by atoms with van der Waals surface area (Å²) in [6.07, 6.45) is 5.46. The van der Waals surface area contributed by atoms with Gasteiger partial charge in [-0.15, -0.1) is 11.3 Å². The van der Waals surface area contributed by atoms with Gasteiger partial charge >= 0.3 is 0 Å². The Labute approximate surface area is 131 Å². The summed E-state index contributed by atoms with van der Waals surface area (Å²) in [6, 6.07) is 13.9. The number of thioether (sulfide) groups is 1. The van der Waals surface area contributed by atoms with Crippen LogP contribution in [-0.4, -0.2) is 14.7 Å². The summed E-state index contributed by atoms with van der Waals surface area (Å²) in [4.78, 5) is 17.2. The van der Waals surface area contributed by atoms with Crippen molar-refractivity contribution in [1.82, 2.24) is 9.55 Å². The van der Waals surface area contributed by atoms with Gasteiger partial charge in [-0.05, 0) is 17.0 Å². The van der Waals surface area contributed by atoms with Crippen LogP contribution >= 0.6 is 23.1 Å². The summed E-state index contributed by atoms with van der Waals surface area (Å²) in [5.74, 6) is 0. The molecule has 2 heterocycles. The van der Waals surface area contributed by atoms with Gasteiger partial charge in [0.15, 0.2) is 0 Å². The van der Waals surface area contributed by atoms with E-state index >= 15 is 0 Å². The maximum absolute atomic E-state index is 12.4.